The van der Waals surface area contributed by atoms with Gasteiger partial charge in [-0.3, -0.25) is 4.90 Å². The average Bonchev–Trinajstić information content (AvgIpc) is 3.19. The van der Waals surface area contributed by atoms with Gasteiger partial charge in [-0.15, -0.1) is 11.3 Å². The molecule has 0 fully saturated rings. The minimum atomic E-state index is -3.87. The smallest absolute Gasteiger partial charge is 0.340 e. The van der Waals surface area contributed by atoms with Gasteiger partial charge >= 0.3 is 5.97 Å². The molecule has 0 atom stereocenters. The van der Waals surface area contributed by atoms with Crippen molar-refractivity contribution < 1.29 is 17.9 Å². The molecule has 2 heterocycles. The Balaban J connectivity index is 1.59. The monoisotopic (exact) mass is 470 g/mol. The van der Waals surface area contributed by atoms with Gasteiger partial charge in [-0.25, -0.2) is 17.9 Å². The first kappa shape index (κ1) is 22.7. The van der Waals surface area contributed by atoms with E-state index in [1.165, 1.54) is 29.6 Å². The van der Waals surface area contributed by atoms with Gasteiger partial charge in [0.2, 0.25) is 0 Å². The molecule has 0 bridgehead atoms. The van der Waals surface area contributed by atoms with E-state index in [1.807, 2.05) is 30.3 Å². The Morgan fingerprint density at radius 1 is 1.09 bits per heavy atom. The van der Waals surface area contributed by atoms with Crippen LogP contribution in [0.4, 0.5) is 0 Å². The number of ether oxygens (including phenoxy) is 1. The first-order valence-corrected chi connectivity index (χ1v) is 12.7. The van der Waals surface area contributed by atoms with E-state index in [0.717, 1.165) is 29.1 Å². The summed E-state index contributed by atoms with van der Waals surface area (Å²) in [4.78, 5) is 15.8. The van der Waals surface area contributed by atoms with Crippen LogP contribution in [-0.2, 0) is 40.8 Å². The number of hydrogen-bond donors (Lipinski definition) is 1. The highest BCUT2D eigenvalue weighted by Gasteiger charge is 2.34. The molecule has 0 spiro atoms. The number of fused-ring (bicyclic) bond motifs is 1. The van der Waals surface area contributed by atoms with E-state index in [-0.39, 0.29) is 16.3 Å². The molecule has 1 N–H and O–H groups in total. The zero-order valence-corrected chi connectivity index (χ0v) is 19.8. The molecule has 0 aliphatic carbocycles. The number of aryl methyl sites for hydroxylation is 1. The lowest BCUT2D eigenvalue weighted by Gasteiger charge is -2.27. The second-order valence-electron chi connectivity index (χ2n) is 7.91. The number of sulfonamides is 1. The van der Waals surface area contributed by atoms with E-state index >= 15 is 0 Å². The Morgan fingerprint density at radius 2 is 1.81 bits per heavy atom. The number of methoxy groups -OCH3 is 1. The Kier molecular flexibility index (Phi) is 6.76. The fourth-order valence-electron chi connectivity index (χ4n) is 3.86. The lowest BCUT2D eigenvalue weighted by atomic mass is 10.0. The largest absolute Gasteiger partial charge is 0.465 e. The van der Waals surface area contributed by atoms with Crippen LogP contribution in [0.1, 0.15) is 37.5 Å². The molecule has 32 heavy (non-hydrogen) atoms. The van der Waals surface area contributed by atoms with Gasteiger partial charge in [0, 0.05) is 31.1 Å². The predicted molar refractivity (Wildman–Crippen MR) is 125 cm³/mol. The first-order valence-electron chi connectivity index (χ1n) is 10.4. The average molecular weight is 471 g/mol. The molecule has 6 nitrogen and oxygen atoms in total. The van der Waals surface area contributed by atoms with Crippen LogP contribution in [0.15, 0.2) is 58.8 Å². The molecule has 0 saturated carbocycles. The lowest BCUT2D eigenvalue weighted by molar-refractivity contribution is 0.0595. The van der Waals surface area contributed by atoms with Crippen molar-refractivity contribution in [2.45, 2.75) is 37.2 Å². The zero-order chi connectivity index (χ0) is 22.7. The molecule has 0 amide bonds. The summed E-state index contributed by atoms with van der Waals surface area (Å²) in [6.07, 6.45) is 0.607. The van der Waals surface area contributed by atoms with Gasteiger partial charge < -0.3 is 4.74 Å². The molecule has 1 aromatic heterocycles. The zero-order valence-electron chi connectivity index (χ0n) is 18.1. The topological polar surface area (TPSA) is 75.7 Å². The normalized spacial score (nSPS) is 14.2. The van der Waals surface area contributed by atoms with Crippen LogP contribution in [0, 0.1) is 6.92 Å². The van der Waals surface area contributed by atoms with E-state index < -0.39 is 16.0 Å². The summed E-state index contributed by atoms with van der Waals surface area (Å²) in [7, 11) is -2.59. The number of hydrogen-bond acceptors (Lipinski definition) is 6. The van der Waals surface area contributed by atoms with Crippen LogP contribution >= 0.6 is 11.3 Å². The van der Waals surface area contributed by atoms with Gasteiger partial charge in [-0.05, 0) is 30.0 Å². The Morgan fingerprint density at radius 3 is 2.50 bits per heavy atom. The van der Waals surface area contributed by atoms with Crippen LogP contribution in [0.3, 0.4) is 0 Å². The summed E-state index contributed by atoms with van der Waals surface area (Å²) in [5.74, 6) is -0.602. The van der Waals surface area contributed by atoms with Crippen LogP contribution in [0.25, 0.3) is 0 Å². The van der Waals surface area contributed by atoms with E-state index in [0.29, 0.717) is 13.0 Å². The molecular formula is C24H26N2O4S2. The molecule has 0 radical (unpaired) electrons. The maximum atomic E-state index is 13.1. The molecule has 2 aromatic carbocycles. The molecule has 0 saturated heterocycles. The molecule has 3 aromatic rings. The van der Waals surface area contributed by atoms with Crippen molar-refractivity contribution in [2.75, 3.05) is 13.7 Å². The van der Waals surface area contributed by atoms with Gasteiger partial charge in [-0.2, -0.15) is 0 Å². The molecule has 4 rings (SSSR count). The third-order valence-electron chi connectivity index (χ3n) is 5.57. The van der Waals surface area contributed by atoms with E-state index in [4.69, 9.17) is 4.74 Å². The standard InChI is InChI=1S/C24H26N2O4S2/c1-17-8-10-19(11-9-17)15-26-13-12-20-21(16-26)31-24(22(20)23(27)30-2)32(28,29)25-14-18-6-4-3-5-7-18/h3-11,25H,12-16H2,1-2H3. The third-order valence-corrected chi connectivity index (χ3v) is 8.71. The Labute approximate surface area is 192 Å². The van der Waals surface area contributed by atoms with Crippen molar-refractivity contribution in [2.24, 2.45) is 0 Å². The number of carbonyl (C=O) groups excluding carboxylic acids is 1. The molecule has 168 valence electrons. The highest BCUT2D eigenvalue weighted by molar-refractivity contribution is 7.91. The van der Waals surface area contributed by atoms with Crippen LogP contribution in [0.5, 0.6) is 0 Å². The van der Waals surface area contributed by atoms with Crippen molar-refractivity contribution in [1.82, 2.24) is 9.62 Å². The van der Waals surface area contributed by atoms with Crippen LogP contribution in [-0.4, -0.2) is 32.9 Å². The SMILES string of the molecule is COC(=O)c1c(S(=O)(=O)NCc2ccccc2)sc2c1CCN(Cc1ccc(C)cc1)C2. The molecule has 1 aliphatic heterocycles. The summed E-state index contributed by atoms with van der Waals surface area (Å²) in [5, 5.41) is 0. The van der Waals surface area contributed by atoms with E-state index in [2.05, 4.69) is 40.8 Å². The van der Waals surface area contributed by atoms with Crippen molar-refractivity contribution >= 4 is 27.3 Å². The molecule has 1 aliphatic rings. The number of thiophene rings is 1. The highest BCUT2D eigenvalue weighted by atomic mass is 32.2. The van der Waals surface area contributed by atoms with Gasteiger partial charge in [-0.1, -0.05) is 60.2 Å². The number of nitrogens with one attached hydrogen (secondary N) is 1. The molecule has 0 unspecified atom stereocenters. The summed E-state index contributed by atoms with van der Waals surface area (Å²) in [5.41, 5.74) is 4.25. The predicted octanol–water partition coefficient (Wildman–Crippen LogP) is 3.88. The number of benzene rings is 2. The number of carbonyl (C=O) groups is 1. The maximum absolute atomic E-state index is 13.1. The first-order chi connectivity index (χ1) is 15.4. The Bertz CT molecular complexity index is 1200. The quantitative estimate of drug-likeness (QED) is 0.531. The molecule has 8 heteroatoms. The Hall–Kier alpha value is -2.52. The van der Waals surface area contributed by atoms with Gasteiger partial charge in [0.25, 0.3) is 10.0 Å². The number of esters is 1. The van der Waals surface area contributed by atoms with Gasteiger partial charge in [0.05, 0.1) is 12.7 Å². The van der Waals surface area contributed by atoms with Crippen LogP contribution in [0.2, 0.25) is 0 Å². The minimum absolute atomic E-state index is 0.0440. The maximum Gasteiger partial charge on any atom is 0.340 e. The fourth-order valence-corrected chi connectivity index (χ4v) is 6.84. The second-order valence-corrected chi connectivity index (χ2v) is 11.0. The van der Waals surface area contributed by atoms with E-state index in [9.17, 15) is 13.2 Å². The molecular weight excluding hydrogens is 444 g/mol. The van der Waals surface area contributed by atoms with Crippen molar-refractivity contribution in [1.29, 1.82) is 0 Å². The van der Waals surface area contributed by atoms with Crippen molar-refractivity contribution in [3.63, 3.8) is 0 Å². The summed E-state index contributed by atoms with van der Waals surface area (Å²) in [6.45, 7) is 4.35. The van der Waals surface area contributed by atoms with Crippen LogP contribution < -0.4 is 4.72 Å². The fraction of sp³-hybridized carbons (Fsp3) is 0.292. The van der Waals surface area contributed by atoms with Gasteiger partial charge in [0.15, 0.2) is 0 Å². The summed E-state index contributed by atoms with van der Waals surface area (Å²) in [6, 6.07) is 17.7. The number of nitrogens with zero attached hydrogens (tertiary/aromatic N) is 1. The van der Waals surface area contributed by atoms with Crippen molar-refractivity contribution in [3.05, 3.63) is 87.3 Å². The third kappa shape index (κ3) is 4.94. The highest BCUT2D eigenvalue weighted by Crippen LogP contribution is 2.37. The summed E-state index contributed by atoms with van der Waals surface area (Å²) < 4.78 is 33.9. The second kappa shape index (κ2) is 9.54. The van der Waals surface area contributed by atoms with Crippen molar-refractivity contribution in [3.8, 4) is 0 Å². The minimum Gasteiger partial charge on any atom is -0.465 e. The lowest BCUT2D eigenvalue weighted by Crippen LogP contribution is -2.30. The number of rotatable bonds is 7. The summed E-state index contributed by atoms with van der Waals surface area (Å²) >= 11 is 1.17. The van der Waals surface area contributed by atoms with E-state index in [1.54, 1.807) is 0 Å². The van der Waals surface area contributed by atoms with Gasteiger partial charge in [0.1, 0.15) is 4.21 Å².